The molecule has 29 heavy (non-hydrogen) atoms. The van der Waals surface area contributed by atoms with E-state index >= 15 is 0 Å². The summed E-state index contributed by atoms with van der Waals surface area (Å²) in [6.45, 7) is 2.27. The van der Waals surface area contributed by atoms with E-state index in [0.29, 0.717) is 29.6 Å². The lowest BCUT2D eigenvalue weighted by atomic mass is 10.0. The van der Waals surface area contributed by atoms with Gasteiger partial charge in [-0.15, -0.1) is 0 Å². The van der Waals surface area contributed by atoms with Crippen LogP contribution in [0.1, 0.15) is 18.4 Å². The molecule has 1 saturated heterocycles. The van der Waals surface area contributed by atoms with Crippen LogP contribution < -0.4 is 4.74 Å². The Morgan fingerprint density at radius 1 is 1.17 bits per heavy atom. The Morgan fingerprint density at radius 2 is 1.93 bits per heavy atom. The second-order valence-electron chi connectivity index (χ2n) is 7.39. The lowest BCUT2D eigenvalue weighted by molar-refractivity contribution is 0.0407. The van der Waals surface area contributed by atoms with Gasteiger partial charge >= 0.3 is 0 Å². The van der Waals surface area contributed by atoms with Gasteiger partial charge in [-0.05, 0) is 44.2 Å². The van der Waals surface area contributed by atoms with Crippen LogP contribution in [-0.2, 0) is 11.3 Å². The Morgan fingerprint density at radius 3 is 2.62 bits per heavy atom. The highest BCUT2D eigenvalue weighted by Gasteiger charge is 2.22. The Balaban J connectivity index is 1.71. The van der Waals surface area contributed by atoms with Gasteiger partial charge in [-0.25, -0.2) is 9.07 Å². The molecule has 0 aliphatic carbocycles. The average Bonchev–Trinajstić information content (AvgIpc) is 3.18. The first-order chi connectivity index (χ1) is 14.2. The van der Waals surface area contributed by atoms with Crippen LogP contribution in [0.5, 0.6) is 5.75 Å². The lowest BCUT2D eigenvalue weighted by Gasteiger charge is -2.31. The third-order valence-corrected chi connectivity index (χ3v) is 5.48. The maximum absolute atomic E-state index is 14.8. The minimum atomic E-state index is -0.336. The summed E-state index contributed by atoms with van der Waals surface area (Å²) in [6.07, 6.45) is 4.02. The van der Waals surface area contributed by atoms with E-state index in [-0.39, 0.29) is 5.82 Å². The largest absolute Gasteiger partial charge is 0.497 e. The van der Waals surface area contributed by atoms with Crippen LogP contribution >= 0.6 is 0 Å². The van der Waals surface area contributed by atoms with Gasteiger partial charge in [0.05, 0.1) is 12.8 Å². The summed E-state index contributed by atoms with van der Waals surface area (Å²) in [6, 6.07) is 15.3. The molecule has 152 valence electrons. The predicted octanol–water partition coefficient (Wildman–Crippen LogP) is 4.30. The van der Waals surface area contributed by atoms with Crippen LogP contribution in [0.25, 0.3) is 16.9 Å². The third kappa shape index (κ3) is 4.33. The molecule has 1 aliphatic heterocycles. The monoisotopic (exact) mass is 395 g/mol. The molecule has 2 heterocycles. The third-order valence-electron chi connectivity index (χ3n) is 5.48. The second-order valence-corrected chi connectivity index (χ2v) is 7.39. The summed E-state index contributed by atoms with van der Waals surface area (Å²) in [5.41, 5.74) is 3.08. The highest BCUT2D eigenvalue weighted by Crippen LogP contribution is 2.30. The van der Waals surface area contributed by atoms with Gasteiger partial charge in [0.15, 0.2) is 0 Å². The average molecular weight is 395 g/mol. The molecule has 0 amide bonds. The Kier molecular flexibility index (Phi) is 5.92. The topological polar surface area (TPSA) is 39.5 Å². The van der Waals surface area contributed by atoms with Crippen molar-refractivity contribution < 1.29 is 13.9 Å². The molecule has 0 atom stereocenters. The van der Waals surface area contributed by atoms with Gasteiger partial charge in [-0.2, -0.15) is 5.10 Å². The van der Waals surface area contributed by atoms with Crippen LogP contribution in [0.4, 0.5) is 4.39 Å². The van der Waals surface area contributed by atoms with E-state index in [4.69, 9.17) is 14.6 Å². The molecule has 0 saturated carbocycles. The zero-order valence-electron chi connectivity index (χ0n) is 16.8. The number of aromatic nitrogens is 2. The van der Waals surface area contributed by atoms with Crippen LogP contribution in [0.15, 0.2) is 54.7 Å². The second kappa shape index (κ2) is 8.76. The molecule has 2 aromatic carbocycles. The zero-order chi connectivity index (χ0) is 20.2. The van der Waals surface area contributed by atoms with Crippen molar-refractivity contribution in [1.29, 1.82) is 0 Å². The van der Waals surface area contributed by atoms with Crippen molar-refractivity contribution >= 4 is 0 Å². The zero-order valence-corrected chi connectivity index (χ0v) is 16.8. The van der Waals surface area contributed by atoms with E-state index in [1.807, 2.05) is 41.2 Å². The summed E-state index contributed by atoms with van der Waals surface area (Å²) < 4.78 is 27.3. The molecule has 0 bridgehead atoms. The Bertz CT molecular complexity index is 952. The highest BCUT2D eigenvalue weighted by atomic mass is 19.1. The van der Waals surface area contributed by atoms with Crippen LogP contribution in [0.2, 0.25) is 0 Å². The maximum Gasteiger partial charge on any atom is 0.136 e. The number of hydrogen-bond donors (Lipinski definition) is 0. The van der Waals surface area contributed by atoms with Gasteiger partial charge in [0.2, 0.25) is 0 Å². The first kappa shape index (κ1) is 19.6. The SMILES string of the molecule is COc1ccc(-c2nn(-c3ccccc3)cc2CN(C)C2CCOCC2)c(F)c1. The number of hydrogen-bond acceptors (Lipinski definition) is 4. The van der Waals surface area contributed by atoms with Crippen LogP contribution in [-0.4, -0.2) is 48.1 Å². The summed E-state index contributed by atoms with van der Waals surface area (Å²) in [4.78, 5) is 2.32. The summed E-state index contributed by atoms with van der Waals surface area (Å²) in [7, 11) is 3.65. The number of benzene rings is 2. The maximum atomic E-state index is 14.8. The molecule has 1 aromatic heterocycles. The molecule has 4 rings (SSSR count). The van der Waals surface area contributed by atoms with Crippen molar-refractivity contribution in [3.63, 3.8) is 0 Å². The van der Waals surface area contributed by atoms with Gasteiger partial charge in [-0.1, -0.05) is 18.2 Å². The minimum Gasteiger partial charge on any atom is -0.497 e. The van der Waals surface area contributed by atoms with Crippen molar-refractivity contribution in [2.45, 2.75) is 25.4 Å². The first-order valence-corrected chi connectivity index (χ1v) is 9.91. The molecule has 3 aromatic rings. The van der Waals surface area contributed by atoms with E-state index in [1.165, 1.54) is 13.2 Å². The molecule has 0 unspecified atom stereocenters. The smallest absolute Gasteiger partial charge is 0.136 e. The Labute approximate surface area is 170 Å². The fourth-order valence-electron chi connectivity index (χ4n) is 3.80. The van der Waals surface area contributed by atoms with E-state index < -0.39 is 0 Å². The molecule has 0 spiro atoms. The van der Waals surface area contributed by atoms with Crippen LogP contribution in [0, 0.1) is 5.82 Å². The summed E-state index contributed by atoms with van der Waals surface area (Å²) >= 11 is 0. The van der Waals surface area contributed by atoms with Gasteiger partial charge in [0, 0.05) is 49.2 Å². The van der Waals surface area contributed by atoms with E-state index in [2.05, 4.69) is 11.9 Å². The van der Waals surface area contributed by atoms with Gasteiger partial charge in [0.1, 0.15) is 17.3 Å². The summed E-state index contributed by atoms with van der Waals surface area (Å²) in [5.74, 6) is 0.159. The number of nitrogens with zero attached hydrogens (tertiary/aromatic N) is 3. The molecule has 5 nitrogen and oxygen atoms in total. The minimum absolute atomic E-state index is 0.336. The van der Waals surface area contributed by atoms with Gasteiger partial charge in [0.25, 0.3) is 0 Å². The molecular weight excluding hydrogens is 369 g/mol. The van der Waals surface area contributed by atoms with E-state index in [0.717, 1.165) is 37.3 Å². The van der Waals surface area contributed by atoms with Crippen LogP contribution in [0.3, 0.4) is 0 Å². The molecule has 0 radical (unpaired) electrons. The van der Waals surface area contributed by atoms with Gasteiger partial charge in [-0.3, -0.25) is 4.90 Å². The molecule has 1 fully saturated rings. The van der Waals surface area contributed by atoms with Crippen molar-refractivity contribution in [1.82, 2.24) is 14.7 Å². The van der Waals surface area contributed by atoms with Crippen molar-refractivity contribution in [2.75, 3.05) is 27.4 Å². The number of para-hydroxylation sites is 1. The predicted molar refractivity (Wildman–Crippen MR) is 111 cm³/mol. The summed E-state index contributed by atoms with van der Waals surface area (Å²) in [5, 5.41) is 4.75. The fourth-order valence-corrected chi connectivity index (χ4v) is 3.80. The standard InChI is InChI=1S/C23H26FN3O2/c1-26(18-10-12-29-13-11-18)15-17-16-27(19-6-4-3-5-7-19)25-23(17)21-9-8-20(28-2)14-22(21)24/h3-9,14,16,18H,10-13,15H2,1-2H3. The number of rotatable bonds is 6. The quantitative estimate of drug-likeness (QED) is 0.624. The Hall–Kier alpha value is -2.70. The first-order valence-electron chi connectivity index (χ1n) is 9.91. The van der Waals surface area contributed by atoms with Crippen molar-refractivity contribution in [3.8, 4) is 22.7 Å². The number of methoxy groups -OCH3 is 1. The molecule has 1 aliphatic rings. The normalized spacial score (nSPS) is 15.0. The molecule has 0 N–H and O–H groups in total. The van der Waals surface area contributed by atoms with Crippen molar-refractivity contribution in [2.24, 2.45) is 0 Å². The van der Waals surface area contributed by atoms with E-state index in [1.54, 1.807) is 12.1 Å². The molecular formula is C23H26FN3O2. The fraction of sp³-hybridized carbons (Fsp3) is 0.348. The highest BCUT2D eigenvalue weighted by molar-refractivity contribution is 5.65. The number of ether oxygens (including phenoxy) is 2. The number of halogens is 1. The van der Waals surface area contributed by atoms with Crippen molar-refractivity contribution in [3.05, 3.63) is 66.1 Å². The van der Waals surface area contributed by atoms with E-state index in [9.17, 15) is 4.39 Å². The lowest BCUT2D eigenvalue weighted by Crippen LogP contribution is -2.36. The van der Waals surface area contributed by atoms with Gasteiger partial charge < -0.3 is 9.47 Å². The molecule has 6 heteroatoms.